The van der Waals surface area contributed by atoms with Crippen LogP contribution in [0.25, 0.3) is 0 Å². The summed E-state index contributed by atoms with van der Waals surface area (Å²) < 4.78 is 0.786. The molecule has 1 heterocycles. The molecule has 0 aliphatic carbocycles. The molecule has 2 rings (SSSR count). The fraction of sp³-hybridized carbons (Fsp3) is 0.0909. The van der Waals surface area contributed by atoms with Crippen molar-refractivity contribution >= 4 is 38.9 Å². The highest BCUT2D eigenvalue weighted by atomic mass is 79.9. The zero-order chi connectivity index (χ0) is 13.8. The van der Waals surface area contributed by atoms with Crippen molar-refractivity contribution in [2.45, 2.75) is 0 Å². The van der Waals surface area contributed by atoms with Crippen molar-refractivity contribution < 1.29 is 4.92 Å². The minimum Gasteiger partial charge on any atom is -0.367 e. The number of anilines is 3. The second-order valence-electron chi connectivity index (χ2n) is 3.53. The van der Waals surface area contributed by atoms with Gasteiger partial charge in [-0.2, -0.15) is 0 Å². The van der Waals surface area contributed by atoms with Gasteiger partial charge in [-0.05, 0) is 28.1 Å². The molecule has 1 aromatic heterocycles. The van der Waals surface area contributed by atoms with Crippen LogP contribution in [0.5, 0.6) is 0 Å². The minimum absolute atomic E-state index is 0.135. The molecule has 0 atom stereocenters. The molecule has 0 aliphatic rings. The third-order valence-electron chi connectivity index (χ3n) is 2.37. The fourth-order valence-electron chi connectivity index (χ4n) is 1.52. The van der Waals surface area contributed by atoms with Crippen molar-refractivity contribution in [3.63, 3.8) is 0 Å². The van der Waals surface area contributed by atoms with Gasteiger partial charge in [-0.15, -0.1) is 0 Å². The van der Waals surface area contributed by atoms with E-state index in [0.717, 1.165) is 4.47 Å². The lowest BCUT2D eigenvalue weighted by Gasteiger charge is -2.09. The van der Waals surface area contributed by atoms with Gasteiger partial charge in [-0.1, -0.05) is 12.1 Å². The number of nitrogens with zero attached hydrogens (tertiary/aromatic N) is 3. The molecule has 0 radical (unpaired) electrons. The van der Waals surface area contributed by atoms with Crippen molar-refractivity contribution in [2.24, 2.45) is 0 Å². The van der Waals surface area contributed by atoms with Crippen molar-refractivity contribution in [3.05, 3.63) is 45.2 Å². The molecule has 1 aromatic carbocycles. The summed E-state index contributed by atoms with van der Waals surface area (Å²) in [5, 5.41) is 16.7. The molecule has 7 nitrogen and oxygen atoms in total. The molecule has 0 amide bonds. The Morgan fingerprint density at radius 2 is 1.95 bits per heavy atom. The molecule has 19 heavy (non-hydrogen) atoms. The smallest absolute Gasteiger partial charge is 0.353 e. The summed E-state index contributed by atoms with van der Waals surface area (Å²) >= 11 is 3.36. The van der Waals surface area contributed by atoms with Gasteiger partial charge in [-0.3, -0.25) is 10.1 Å². The molecule has 2 aromatic rings. The number of hydrogen-bond donors (Lipinski definition) is 2. The second kappa shape index (κ2) is 5.61. The van der Waals surface area contributed by atoms with E-state index in [1.807, 2.05) is 18.2 Å². The Morgan fingerprint density at radius 1 is 1.26 bits per heavy atom. The molecule has 0 aliphatic heterocycles. The monoisotopic (exact) mass is 323 g/mol. The summed E-state index contributed by atoms with van der Waals surface area (Å²) in [6.45, 7) is 0. The molecule has 2 N–H and O–H groups in total. The van der Waals surface area contributed by atoms with E-state index in [2.05, 4.69) is 36.5 Å². The van der Waals surface area contributed by atoms with E-state index in [9.17, 15) is 10.1 Å². The Kier molecular flexibility index (Phi) is 3.91. The van der Waals surface area contributed by atoms with Crippen molar-refractivity contribution in [3.8, 4) is 0 Å². The zero-order valence-corrected chi connectivity index (χ0v) is 11.5. The van der Waals surface area contributed by atoms with Crippen LogP contribution in [-0.4, -0.2) is 21.9 Å². The molecule has 0 unspecified atom stereocenters. The Bertz CT molecular complexity index is 620. The summed E-state index contributed by atoms with van der Waals surface area (Å²) in [5.74, 6) is 0.297. The number of nitro groups is 1. The lowest BCUT2D eigenvalue weighted by Crippen LogP contribution is -2.05. The third-order valence-corrected chi connectivity index (χ3v) is 3.06. The van der Waals surface area contributed by atoms with Gasteiger partial charge in [0.05, 0.1) is 10.6 Å². The van der Waals surface area contributed by atoms with Crippen LogP contribution < -0.4 is 10.6 Å². The number of halogens is 1. The molecular weight excluding hydrogens is 314 g/mol. The van der Waals surface area contributed by atoms with Crippen LogP contribution in [0.15, 0.2) is 35.1 Å². The van der Waals surface area contributed by atoms with Gasteiger partial charge in [0.2, 0.25) is 11.6 Å². The molecule has 0 bridgehead atoms. The zero-order valence-electron chi connectivity index (χ0n) is 9.92. The average Bonchev–Trinajstić information content (AvgIpc) is 2.40. The van der Waals surface area contributed by atoms with E-state index in [-0.39, 0.29) is 17.3 Å². The molecule has 8 heteroatoms. The van der Waals surface area contributed by atoms with E-state index in [1.54, 1.807) is 13.1 Å². The quantitative estimate of drug-likeness (QED) is 0.663. The lowest BCUT2D eigenvalue weighted by molar-refractivity contribution is -0.383. The summed E-state index contributed by atoms with van der Waals surface area (Å²) in [4.78, 5) is 18.3. The Labute approximate surface area is 117 Å². The van der Waals surface area contributed by atoms with Crippen LogP contribution in [0.2, 0.25) is 0 Å². The number of para-hydroxylation sites is 1. The molecule has 0 spiro atoms. The van der Waals surface area contributed by atoms with Crippen molar-refractivity contribution in [2.75, 3.05) is 17.7 Å². The van der Waals surface area contributed by atoms with Crippen LogP contribution in [0.1, 0.15) is 0 Å². The fourth-order valence-corrected chi connectivity index (χ4v) is 1.90. The molecule has 0 saturated carbocycles. The first-order valence-corrected chi connectivity index (χ1v) is 6.11. The lowest BCUT2D eigenvalue weighted by atomic mass is 10.3. The number of hydrogen-bond acceptors (Lipinski definition) is 6. The van der Waals surface area contributed by atoms with Gasteiger partial charge in [0, 0.05) is 11.5 Å². The second-order valence-corrected chi connectivity index (χ2v) is 4.39. The van der Waals surface area contributed by atoms with E-state index in [0.29, 0.717) is 5.69 Å². The largest absolute Gasteiger partial charge is 0.367 e. The van der Waals surface area contributed by atoms with Gasteiger partial charge < -0.3 is 10.6 Å². The number of aromatic nitrogens is 2. The maximum Gasteiger partial charge on any atom is 0.353 e. The summed E-state index contributed by atoms with van der Waals surface area (Å²) in [7, 11) is 1.57. The highest BCUT2D eigenvalue weighted by molar-refractivity contribution is 9.10. The van der Waals surface area contributed by atoms with E-state index in [1.165, 1.54) is 6.33 Å². The summed E-state index contributed by atoms with van der Waals surface area (Å²) in [5.41, 5.74) is 0.493. The Hall–Kier alpha value is -2.22. The predicted molar refractivity (Wildman–Crippen MR) is 75.7 cm³/mol. The molecule has 0 fully saturated rings. The third kappa shape index (κ3) is 2.79. The molecule has 98 valence electrons. The van der Waals surface area contributed by atoms with Crippen molar-refractivity contribution in [1.82, 2.24) is 9.97 Å². The van der Waals surface area contributed by atoms with Crippen LogP contribution in [0.3, 0.4) is 0 Å². The summed E-state index contributed by atoms with van der Waals surface area (Å²) in [6.07, 6.45) is 1.26. The minimum atomic E-state index is -0.523. The standard InChI is InChI=1S/C11H10BrN5O2/c1-13-10-9(17(18)19)11(15-6-14-10)16-8-5-3-2-4-7(8)12/h2-6H,1H3,(H2,13,14,15,16). The van der Waals surface area contributed by atoms with Crippen LogP contribution in [0, 0.1) is 10.1 Å². The van der Waals surface area contributed by atoms with Gasteiger partial charge in [0.25, 0.3) is 0 Å². The predicted octanol–water partition coefficient (Wildman–Crippen LogP) is 2.93. The number of benzene rings is 1. The van der Waals surface area contributed by atoms with Gasteiger partial charge in [0.1, 0.15) is 6.33 Å². The van der Waals surface area contributed by atoms with Crippen LogP contribution >= 0.6 is 15.9 Å². The maximum absolute atomic E-state index is 11.1. The van der Waals surface area contributed by atoms with E-state index in [4.69, 9.17) is 0 Å². The van der Waals surface area contributed by atoms with Crippen molar-refractivity contribution in [1.29, 1.82) is 0 Å². The van der Waals surface area contributed by atoms with Gasteiger partial charge in [-0.25, -0.2) is 9.97 Å². The van der Waals surface area contributed by atoms with E-state index >= 15 is 0 Å². The SMILES string of the molecule is CNc1ncnc(Nc2ccccc2Br)c1[N+](=O)[O-]. The average molecular weight is 324 g/mol. The normalized spacial score (nSPS) is 10.0. The number of rotatable bonds is 4. The Morgan fingerprint density at radius 3 is 2.58 bits per heavy atom. The Balaban J connectivity index is 2.46. The first-order chi connectivity index (χ1) is 9.13. The molecule has 0 saturated heterocycles. The van der Waals surface area contributed by atoms with E-state index < -0.39 is 4.92 Å². The topological polar surface area (TPSA) is 93.0 Å². The van der Waals surface area contributed by atoms with Gasteiger partial charge in [0.15, 0.2) is 0 Å². The first kappa shape index (κ1) is 13.2. The molecular formula is C11H10BrN5O2. The maximum atomic E-state index is 11.1. The van der Waals surface area contributed by atoms with Crippen LogP contribution in [-0.2, 0) is 0 Å². The van der Waals surface area contributed by atoms with Gasteiger partial charge >= 0.3 is 5.69 Å². The van der Waals surface area contributed by atoms with Crippen LogP contribution in [0.4, 0.5) is 23.0 Å². The number of nitrogens with one attached hydrogen (secondary N) is 2. The highest BCUT2D eigenvalue weighted by Crippen LogP contribution is 2.32. The highest BCUT2D eigenvalue weighted by Gasteiger charge is 2.22. The first-order valence-electron chi connectivity index (χ1n) is 5.32. The summed E-state index contributed by atoms with van der Waals surface area (Å²) in [6, 6.07) is 7.28.